The Balaban J connectivity index is 4.23. The number of rotatable bonds is 64. The first-order chi connectivity index (χ1) is 41.0. The summed E-state index contributed by atoms with van der Waals surface area (Å²) in [6.07, 6.45) is 96.9. The van der Waals surface area contributed by atoms with E-state index < -0.39 is 6.10 Å². The molecule has 6 nitrogen and oxygen atoms in total. The van der Waals surface area contributed by atoms with E-state index in [1.807, 2.05) is 0 Å². The van der Waals surface area contributed by atoms with Crippen LogP contribution in [0.1, 0.15) is 342 Å². The van der Waals surface area contributed by atoms with Gasteiger partial charge in [-0.1, -0.05) is 329 Å². The molecule has 0 radical (unpaired) electrons. The molecule has 0 aliphatic carbocycles. The molecule has 0 spiro atoms. The minimum absolute atomic E-state index is 0.0804. The fraction of sp³-hybridized carbons (Fsp3) is 0.727. The molecule has 0 bridgehead atoms. The molecule has 0 saturated heterocycles. The number of esters is 3. The van der Waals surface area contributed by atoms with Crippen LogP contribution in [0, 0.1) is 0 Å². The van der Waals surface area contributed by atoms with Gasteiger partial charge in [-0.25, -0.2) is 0 Å². The van der Waals surface area contributed by atoms with Crippen LogP contribution in [0.2, 0.25) is 0 Å². The smallest absolute Gasteiger partial charge is 0.306 e. The molecule has 0 aliphatic rings. The lowest BCUT2D eigenvalue weighted by Crippen LogP contribution is -2.30. The molecule has 83 heavy (non-hydrogen) atoms. The van der Waals surface area contributed by atoms with E-state index >= 15 is 0 Å². The number of allylic oxidation sites excluding steroid dienone is 18. The number of carbonyl (C=O) groups is 3. The van der Waals surface area contributed by atoms with Gasteiger partial charge in [-0.15, -0.1) is 0 Å². The predicted octanol–water partition coefficient (Wildman–Crippen LogP) is 24.6. The van der Waals surface area contributed by atoms with E-state index in [1.165, 1.54) is 167 Å². The van der Waals surface area contributed by atoms with Crippen LogP contribution in [0.3, 0.4) is 0 Å². The molecule has 6 heteroatoms. The molecule has 1 atom stereocenters. The Morgan fingerprint density at radius 2 is 0.470 bits per heavy atom. The van der Waals surface area contributed by atoms with Crippen molar-refractivity contribution in [1.29, 1.82) is 0 Å². The summed E-state index contributed by atoms with van der Waals surface area (Å²) in [6.45, 7) is 6.44. The minimum Gasteiger partial charge on any atom is -0.462 e. The van der Waals surface area contributed by atoms with Crippen molar-refractivity contribution < 1.29 is 28.6 Å². The van der Waals surface area contributed by atoms with Crippen LogP contribution in [-0.4, -0.2) is 37.2 Å². The highest BCUT2D eigenvalue weighted by Gasteiger charge is 2.19. The molecule has 0 amide bonds. The van der Waals surface area contributed by atoms with Crippen LogP contribution in [0.15, 0.2) is 109 Å². The molecule has 0 aliphatic heterocycles. The molecular formula is C77H132O6. The SMILES string of the molecule is CC/C=C\C/C=C\C/C=C\C/C=C\C/C=C\C/C=C\CCCCCCCCCCCCCCCCC(=O)OCC(COC(=O)CCCCCCC/C=C\C/C=C\C/C=C\CC)OC(=O)CCCCCCCCCCCCCCCCCCC. The van der Waals surface area contributed by atoms with E-state index in [1.54, 1.807) is 0 Å². The van der Waals surface area contributed by atoms with Crippen LogP contribution in [-0.2, 0) is 28.6 Å². The van der Waals surface area contributed by atoms with E-state index in [0.717, 1.165) is 135 Å². The summed E-state index contributed by atoms with van der Waals surface area (Å²) in [4.78, 5) is 38.4. The molecule has 476 valence electrons. The van der Waals surface area contributed by atoms with E-state index in [0.29, 0.717) is 19.3 Å². The monoisotopic (exact) mass is 1150 g/mol. The molecule has 0 heterocycles. The molecule has 1 unspecified atom stereocenters. The Morgan fingerprint density at radius 1 is 0.253 bits per heavy atom. The Bertz CT molecular complexity index is 1660. The highest BCUT2D eigenvalue weighted by atomic mass is 16.6. The van der Waals surface area contributed by atoms with Crippen molar-refractivity contribution in [2.24, 2.45) is 0 Å². The topological polar surface area (TPSA) is 78.9 Å². The molecule has 0 saturated carbocycles. The lowest BCUT2D eigenvalue weighted by atomic mass is 10.0. The van der Waals surface area contributed by atoms with Gasteiger partial charge in [-0.2, -0.15) is 0 Å². The number of ether oxygens (including phenoxy) is 3. The number of carbonyl (C=O) groups excluding carboxylic acids is 3. The van der Waals surface area contributed by atoms with Crippen LogP contribution in [0.5, 0.6) is 0 Å². The third kappa shape index (κ3) is 68.7. The maximum absolute atomic E-state index is 12.9. The second kappa shape index (κ2) is 70.6. The highest BCUT2D eigenvalue weighted by molar-refractivity contribution is 5.71. The molecular weight excluding hydrogens is 1020 g/mol. The summed E-state index contributed by atoms with van der Waals surface area (Å²) in [6, 6.07) is 0. The van der Waals surface area contributed by atoms with Crippen LogP contribution >= 0.6 is 0 Å². The average Bonchev–Trinajstić information content (AvgIpc) is 3.49. The van der Waals surface area contributed by atoms with Gasteiger partial charge in [-0.3, -0.25) is 14.4 Å². The van der Waals surface area contributed by atoms with Gasteiger partial charge in [0.25, 0.3) is 0 Å². The first-order valence-electron chi connectivity index (χ1n) is 35.4. The molecule has 0 fully saturated rings. The lowest BCUT2D eigenvalue weighted by Gasteiger charge is -2.18. The fourth-order valence-corrected chi connectivity index (χ4v) is 10.1. The van der Waals surface area contributed by atoms with Gasteiger partial charge in [0.1, 0.15) is 13.2 Å². The highest BCUT2D eigenvalue weighted by Crippen LogP contribution is 2.17. The largest absolute Gasteiger partial charge is 0.462 e. The van der Waals surface area contributed by atoms with Gasteiger partial charge in [0, 0.05) is 19.3 Å². The second-order valence-corrected chi connectivity index (χ2v) is 23.4. The van der Waals surface area contributed by atoms with Crippen molar-refractivity contribution >= 4 is 17.9 Å². The van der Waals surface area contributed by atoms with E-state index in [4.69, 9.17) is 14.2 Å². The summed E-state index contributed by atoms with van der Waals surface area (Å²) in [7, 11) is 0. The second-order valence-electron chi connectivity index (χ2n) is 23.4. The fourth-order valence-electron chi connectivity index (χ4n) is 10.1. The lowest BCUT2D eigenvalue weighted by molar-refractivity contribution is -0.167. The van der Waals surface area contributed by atoms with Crippen molar-refractivity contribution in [3.63, 3.8) is 0 Å². The van der Waals surface area contributed by atoms with Gasteiger partial charge in [-0.05, 0) is 103 Å². The standard InChI is InChI=1S/C77H132O6/c1-4-7-10-13-16-19-22-25-28-30-31-32-33-34-35-36-37-38-39-40-41-42-43-44-45-47-49-52-55-58-61-64-67-70-76(79)82-73-74(72-81-75(78)69-66-63-60-57-54-51-48-27-24-21-18-15-12-9-6-3)83-77(80)71-68-65-62-59-56-53-50-46-29-26-23-20-17-14-11-8-5-2/h7,9-10,12,16,18-19,21,25,27-28,31-32,34-35,37-38,48,74H,4-6,8,11,13-15,17,20,22-24,26,29-30,33,36,39-47,49-73H2,1-3H3/b10-7-,12-9-,19-16-,21-18-,28-25-,32-31-,35-34-,38-37-,48-27-. The van der Waals surface area contributed by atoms with E-state index in [2.05, 4.69) is 130 Å². The molecule has 0 aromatic rings. The average molecular weight is 1150 g/mol. The van der Waals surface area contributed by atoms with E-state index in [9.17, 15) is 14.4 Å². The summed E-state index contributed by atoms with van der Waals surface area (Å²) in [5.41, 5.74) is 0. The van der Waals surface area contributed by atoms with E-state index in [-0.39, 0.29) is 31.1 Å². The van der Waals surface area contributed by atoms with Crippen molar-refractivity contribution in [3.05, 3.63) is 109 Å². The van der Waals surface area contributed by atoms with Gasteiger partial charge >= 0.3 is 17.9 Å². The van der Waals surface area contributed by atoms with Crippen molar-refractivity contribution in [2.45, 2.75) is 348 Å². The Labute approximate surface area is 514 Å². The maximum Gasteiger partial charge on any atom is 0.306 e. The van der Waals surface area contributed by atoms with Crippen LogP contribution in [0.25, 0.3) is 0 Å². The van der Waals surface area contributed by atoms with Crippen molar-refractivity contribution in [2.75, 3.05) is 13.2 Å². The van der Waals surface area contributed by atoms with Crippen molar-refractivity contribution in [1.82, 2.24) is 0 Å². The maximum atomic E-state index is 12.9. The van der Waals surface area contributed by atoms with Gasteiger partial charge in [0.2, 0.25) is 0 Å². The Hall–Kier alpha value is -3.93. The molecule has 0 aromatic heterocycles. The first kappa shape index (κ1) is 79.1. The third-order valence-corrected chi connectivity index (χ3v) is 15.3. The molecule has 0 rings (SSSR count). The zero-order valence-electron chi connectivity index (χ0n) is 54.7. The number of unbranched alkanes of at least 4 members (excludes halogenated alkanes) is 35. The molecule has 0 aromatic carbocycles. The number of hydrogen-bond acceptors (Lipinski definition) is 6. The summed E-state index contributed by atoms with van der Waals surface area (Å²) >= 11 is 0. The van der Waals surface area contributed by atoms with Gasteiger partial charge < -0.3 is 14.2 Å². The summed E-state index contributed by atoms with van der Waals surface area (Å²) < 4.78 is 17.0. The molecule has 0 N–H and O–H groups in total. The van der Waals surface area contributed by atoms with Crippen LogP contribution in [0.4, 0.5) is 0 Å². The zero-order valence-corrected chi connectivity index (χ0v) is 54.7. The van der Waals surface area contributed by atoms with Gasteiger partial charge in [0.15, 0.2) is 6.10 Å². The summed E-state index contributed by atoms with van der Waals surface area (Å²) in [5.74, 6) is -0.882. The normalized spacial score (nSPS) is 12.8. The predicted molar refractivity (Wildman–Crippen MR) is 362 cm³/mol. The van der Waals surface area contributed by atoms with Crippen LogP contribution < -0.4 is 0 Å². The minimum atomic E-state index is -0.785. The summed E-state index contributed by atoms with van der Waals surface area (Å²) in [5, 5.41) is 0. The van der Waals surface area contributed by atoms with Gasteiger partial charge in [0.05, 0.1) is 0 Å². The van der Waals surface area contributed by atoms with Crippen molar-refractivity contribution in [3.8, 4) is 0 Å². The number of hydrogen-bond donors (Lipinski definition) is 0. The first-order valence-corrected chi connectivity index (χ1v) is 35.4. The Morgan fingerprint density at radius 3 is 0.735 bits per heavy atom. The third-order valence-electron chi connectivity index (χ3n) is 15.3. The Kier molecular flexibility index (Phi) is 67.2. The zero-order chi connectivity index (χ0) is 59.9. The quantitative estimate of drug-likeness (QED) is 0.0261.